The van der Waals surface area contributed by atoms with Crippen LogP contribution in [0.3, 0.4) is 0 Å². The number of thioether (sulfide) groups is 1. The Balaban J connectivity index is 0.000000235. The quantitative estimate of drug-likeness (QED) is 0.470. The number of rotatable bonds is 8. The second kappa shape index (κ2) is 12.0. The van der Waals surface area contributed by atoms with E-state index in [-0.39, 0.29) is 16.7 Å². The summed E-state index contributed by atoms with van der Waals surface area (Å²) in [6.45, 7) is 0. The summed E-state index contributed by atoms with van der Waals surface area (Å²) < 4.78 is 41.7. The Labute approximate surface area is 190 Å². The monoisotopic (exact) mass is 481 g/mol. The highest BCUT2D eigenvalue weighted by Gasteiger charge is 2.18. The largest absolute Gasteiger partial charge is 0.480 e. The molecule has 3 aromatic rings. The molecule has 172 valence electrons. The average molecular weight is 482 g/mol. The fourth-order valence-electron chi connectivity index (χ4n) is 2.22. The lowest BCUT2D eigenvalue weighted by molar-refractivity contribution is 0.356. The van der Waals surface area contributed by atoms with Gasteiger partial charge in [-0.25, -0.2) is 13.6 Å². The van der Waals surface area contributed by atoms with Crippen LogP contribution in [0.4, 0.5) is 0 Å². The Morgan fingerprint density at radius 2 is 1.38 bits per heavy atom. The van der Waals surface area contributed by atoms with Crippen molar-refractivity contribution in [3.05, 3.63) is 48.0 Å². The molecule has 0 saturated carbocycles. The van der Waals surface area contributed by atoms with Gasteiger partial charge < -0.3 is 18.9 Å². The molecule has 2 aromatic heterocycles. The fraction of sp³-hybridized carbons (Fsp3) is 0.263. The van der Waals surface area contributed by atoms with E-state index in [0.717, 1.165) is 16.7 Å². The van der Waals surface area contributed by atoms with E-state index in [4.69, 9.17) is 19.3 Å². The van der Waals surface area contributed by atoms with Gasteiger partial charge in [-0.05, 0) is 5.56 Å². The number of methoxy groups -OCH3 is 4. The number of sulfonamides is 1. The molecule has 0 fully saturated rings. The number of nitrogens with zero attached hydrogens (tertiary/aromatic N) is 4. The van der Waals surface area contributed by atoms with Crippen LogP contribution in [-0.2, 0) is 15.8 Å². The molecule has 0 aliphatic heterocycles. The highest BCUT2D eigenvalue weighted by atomic mass is 32.2. The molecule has 32 heavy (non-hydrogen) atoms. The smallest absolute Gasteiger partial charge is 0.253 e. The molecular weight excluding hydrogens is 458 g/mol. The maximum absolute atomic E-state index is 11.1. The predicted octanol–water partition coefficient (Wildman–Crippen LogP) is 1.93. The molecule has 0 atom stereocenters. The van der Waals surface area contributed by atoms with Gasteiger partial charge in [-0.3, -0.25) is 0 Å². The third kappa shape index (κ3) is 7.21. The van der Waals surface area contributed by atoms with Gasteiger partial charge in [0.05, 0.1) is 33.3 Å². The number of primary sulfonamides is 1. The highest BCUT2D eigenvalue weighted by Crippen LogP contribution is 2.31. The number of aromatic nitrogens is 4. The van der Waals surface area contributed by atoms with Crippen LogP contribution in [0.25, 0.3) is 0 Å². The standard InChI is InChI=1S/C13H14N2O2S.C6H9N3O4S/c1-16-12-8-11(13(17-2)15-14-12)18-9-10-6-4-3-5-7-10;1-12-5-3-4(14(7,10)11)6(13-2)9-8-5/h3-8H,9H2,1-2H3;3H,1-2H3,(H2,7,10,11). The van der Waals surface area contributed by atoms with Crippen LogP contribution < -0.4 is 24.1 Å². The van der Waals surface area contributed by atoms with Crippen LogP contribution in [-0.4, -0.2) is 57.3 Å². The van der Waals surface area contributed by atoms with Crippen LogP contribution in [0.1, 0.15) is 5.56 Å². The van der Waals surface area contributed by atoms with Crippen molar-refractivity contribution in [2.75, 3.05) is 28.4 Å². The molecule has 11 nitrogen and oxygen atoms in total. The number of ether oxygens (including phenoxy) is 4. The number of hydrogen-bond donors (Lipinski definition) is 1. The van der Waals surface area contributed by atoms with E-state index in [1.54, 1.807) is 26.0 Å². The minimum absolute atomic E-state index is 0.0508. The van der Waals surface area contributed by atoms with E-state index in [1.807, 2.05) is 24.3 Å². The van der Waals surface area contributed by atoms with Crippen molar-refractivity contribution >= 4 is 21.8 Å². The van der Waals surface area contributed by atoms with Crippen molar-refractivity contribution in [2.45, 2.75) is 15.5 Å². The molecular formula is C19H23N5O6S2. The van der Waals surface area contributed by atoms with Crippen molar-refractivity contribution in [1.29, 1.82) is 0 Å². The normalized spacial score (nSPS) is 10.5. The van der Waals surface area contributed by atoms with Crippen LogP contribution in [0, 0.1) is 0 Å². The second-order valence-electron chi connectivity index (χ2n) is 5.84. The summed E-state index contributed by atoms with van der Waals surface area (Å²) in [5.41, 5.74) is 1.25. The lowest BCUT2D eigenvalue weighted by Crippen LogP contribution is -2.14. The third-order valence-corrected chi connectivity index (χ3v) is 5.74. The zero-order chi connectivity index (χ0) is 23.6. The Bertz CT molecular complexity index is 1120. The SMILES string of the molecule is COc1cc(S(N)(=O)=O)c(OC)nn1.COc1cc(SCc2ccccc2)c(OC)nn1. The van der Waals surface area contributed by atoms with Crippen LogP contribution in [0.5, 0.6) is 23.5 Å². The third-order valence-electron chi connectivity index (χ3n) is 3.76. The molecule has 0 aliphatic carbocycles. The van der Waals surface area contributed by atoms with Gasteiger partial charge in [0.2, 0.25) is 27.7 Å². The lowest BCUT2D eigenvalue weighted by Gasteiger charge is -2.07. The van der Waals surface area contributed by atoms with E-state index >= 15 is 0 Å². The number of hydrogen-bond acceptors (Lipinski definition) is 11. The van der Waals surface area contributed by atoms with Crippen molar-refractivity contribution in [2.24, 2.45) is 5.14 Å². The summed E-state index contributed by atoms with van der Waals surface area (Å²) >= 11 is 1.65. The molecule has 2 heterocycles. The Morgan fingerprint density at radius 1 is 0.812 bits per heavy atom. The van der Waals surface area contributed by atoms with Gasteiger partial charge >= 0.3 is 0 Å². The summed E-state index contributed by atoms with van der Waals surface area (Å²) in [6, 6.07) is 13.2. The van der Waals surface area contributed by atoms with E-state index in [0.29, 0.717) is 11.8 Å². The van der Waals surface area contributed by atoms with Gasteiger partial charge in [-0.2, -0.15) is 0 Å². The molecule has 0 radical (unpaired) electrons. The first kappa shape index (κ1) is 25.1. The van der Waals surface area contributed by atoms with Crippen molar-refractivity contribution in [1.82, 2.24) is 20.4 Å². The van der Waals surface area contributed by atoms with Gasteiger partial charge in [0.1, 0.15) is 0 Å². The van der Waals surface area contributed by atoms with Crippen molar-refractivity contribution in [3.8, 4) is 23.5 Å². The molecule has 0 spiro atoms. The van der Waals surface area contributed by atoms with E-state index < -0.39 is 10.0 Å². The summed E-state index contributed by atoms with van der Waals surface area (Å²) in [4.78, 5) is 0.667. The summed E-state index contributed by atoms with van der Waals surface area (Å²) in [7, 11) is 1.88. The Kier molecular flexibility index (Phi) is 9.43. The first-order valence-electron chi connectivity index (χ1n) is 8.93. The number of nitrogens with two attached hydrogens (primary N) is 1. The van der Waals surface area contributed by atoms with Gasteiger partial charge in [-0.15, -0.1) is 32.2 Å². The minimum Gasteiger partial charge on any atom is -0.480 e. The summed E-state index contributed by atoms with van der Waals surface area (Å²) in [6.07, 6.45) is 0. The van der Waals surface area contributed by atoms with Gasteiger partial charge in [-0.1, -0.05) is 30.3 Å². The lowest BCUT2D eigenvalue weighted by atomic mass is 10.2. The zero-order valence-electron chi connectivity index (χ0n) is 17.9. The summed E-state index contributed by atoms with van der Waals surface area (Å²) in [5, 5.41) is 19.8. The van der Waals surface area contributed by atoms with Gasteiger partial charge in [0, 0.05) is 17.9 Å². The molecule has 0 unspecified atom stereocenters. The maximum atomic E-state index is 11.1. The summed E-state index contributed by atoms with van der Waals surface area (Å²) in [5.74, 6) is 1.76. The van der Waals surface area contributed by atoms with E-state index in [2.05, 4.69) is 37.3 Å². The maximum Gasteiger partial charge on any atom is 0.253 e. The molecule has 1 aromatic carbocycles. The van der Waals surface area contributed by atoms with Crippen LogP contribution in [0.2, 0.25) is 0 Å². The van der Waals surface area contributed by atoms with E-state index in [9.17, 15) is 8.42 Å². The molecule has 0 bridgehead atoms. The molecule has 13 heteroatoms. The topological polar surface area (TPSA) is 149 Å². The highest BCUT2D eigenvalue weighted by molar-refractivity contribution is 7.98. The average Bonchev–Trinajstić information content (AvgIpc) is 2.82. The molecule has 2 N–H and O–H groups in total. The molecule has 0 saturated heterocycles. The Morgan fingerprint density at radius 3 is 1.91 bits per heavy atom. The number of benzene rings is 1. The van der Waals surface area contributed by atoms with Crippen LogP contribution >= 0.6 is 11.8 Å². The first-order valence-corrected chi connectivity index (χ1v) is 11.5. The molecule has 0 amide bonds. The van der Waals surface area contributed by atoms with Crippen LogP contribution in [0.15, 0.2) is 52.3 Å². The van der Waals surface area contributed by atoms with E-state index in [1.165, 1.54) is 19.8 Å². The second-order valence-corrected chi connectivity index (χ2v) is 8.39. The van der Waals surface area contributed by atoms with Gasteiger partial charge in [0.15, 0.2) is 4.90 Å². The Hall–Kier alpha value is -3.16. The first-order chi connectivity index (χ1) is 15.3. The zero-order valence-corrected chi connectivity index (χ0v) is 19.5. The van der Waals surface area contributed by atoms with Gasteiger partial charge in [0.25, 0.3) is 5.88 Å². The molecule has 0 aliphatic rings. The molecule has 3 rings (SSSR count). The predicted molar refractivity (Wildman–Crippen MR) is 118 cm³/mol. The fourth-order valence-corrected chi connectivity index (χ4v) is 3.80. The van der Waals surface area contributed by atoms with Crippen molar-refractivity contribution < 1.29 is 27.4 Å². The van der Waals surface area contributed by atoms with Crippen molar-refractivity contribution in [3.63, 3.8) is 0 Å². The minimum atomic E-state index is -3.89.